The molecule has 0 bridgehead atoms. The van der Waals surface area contributed by atoms with Gasteiger partial charge in [0.25, 0.3) is 0 Å². The van der Waals surface area contributed by atoms with Crippen molar-refractivity contribution in [3.63, 3.8) is 0 Å². The predicted molar refractivity (Wildman–Crippen MR) is 94.0 cm³/mol. The fourth-order valence-corrected chi connectivity index (χ4v) is 3.51. The molecule has 2 aromatic rings. The molecule has 1 atom stereocenters. The zero-order valence-electron chi connectivity index (χ0n) is 14.2. The van der Waals surface area contributed by atoms with Crippen LogP contribution in [0.15, 0.2) is 48.5 Å². The van der Waals surface area contributed by atoms with E-state index in [1.165, 1.54) is 0 Å². The second kappa shape index (κ2) is 6.93. The number of benzene rings is 2. The van der Waals surface area contributed by atoms with Gasteiger partial charge >= 0.3 is 0 Å². The van der Waals surface area contributed by atoms with E-state index in [0.717, 1.165) is 0 Å². The number of likely N-dealkylation sites (N-methyl/N-ethyl adjacent to an activating group) is 1. The number of amides is 1. The fraction of sp³-hybridized carbons (Fsp3) is 0.316. The third-order valence-corrected chi connectivity index (χ3v) is 4.54. The van der Waals surface area contributed by atoms with Crippen LogP contribution in [0.4, 0.5) is 0 Å². The fourth-order valence-electron chi connectivity index (χ4n) is 3.51. The standard InChI is InChI=1S/C19H24N2O3/c1-4-17(21(2)3)19(18(20)24,13-5-9-15(22)10-6-13)14-7-11-16(23)12-8-14/h5-12,17,22-23H,4H2,1-3H3,(H2,20,24). The van der Waals surface area contributed by atoms with E-state index in [2.05, 4.69) is 0 Å². The number of primary amides is 1. The van der Waals surface area contributed by atoms with Crippen molar-refractivity contribution in [2.45, 2.75) is 24.8 Å². The van der Waals surface area contributed by atoms with Gasteiger partial charge in [-0.15, -0.1) is 0 Å². The van der Waals surface area contributed by atoms with Crippen LogP contribution in [-0.2, 0) is 10.2 Å². The summed E-state index contributed by atoms with van der Waals surface area (Å²) in [5.74, 6) is -0.221. The van der Waals surface area contributed by atoms with E-state index in [4.69, 9.17) is 5.73 Å². The Labute approximate surface area is 142 Å². The van der Waals surface area contributed by atoms with E-state index in [1.807, 2.05) is 25.9 Å². The molecule has 0 saturated carbocycles. The maximum atomic E-state index is 12.8. The molecule has 4 N–H and O–H groups in total. The third kappa shape index (κ3) is 2.95. The molecule has 128 valence electrons. The molecule has 0 aliphatic rings. The van der Waals surface area contributed by atoms with Crippen molar-refractivity contribution in [3.8, 4) is 11.5 Å². The van der Waals surface area contributed by atoms with Crippen LogP contribution >= 0.6 is 0 Å². The molecule has 0 aliphatic carbocycles. The van der Waals surface area contributed by atoms with Crippen molar-refractivity contribution in [3.05, 3.63) is 59.7 Å². The van der Waals surface area contributed by atoms with E-state index in [1.54, 1.807) is 48.5 Å². The van der Waals surface area contributed by atoms with Crippen molar-refractivity contribution in [2.75, 3.05) is 14.1 Å². The van der Waals surface area contributed by atoms with Crippen molar-refractivity contribution in [1.82, 2.24) is 4.90 Å². The SMILES string of the molecule is CCC(N(C)C)C(C(N)=O)(c1ccc(O)cc1)c1ccc(O)cc1. The maximum absolute atomic E-state index is 12.8. The normalized spacial score (nSPS) is 13.0. The summed E-state index contributed by atoms with van der Waals surface area (Å²) < 4.78 is 0. The van der Waals surface area contributed by atoms with Gasteiger partial charge in [0.05, 0.1) is 0 Å². The van der Waals surface area contributed by atoms with E-state index in [-0.39, 0.29) is 17.5 Å². The first-order valence-corrected chi connectivity index (χ1v) is 7.89. The molecule has 0 radical (unpaired) electrons. The number of carbonyl (C=O) groups excluding carboxylic acids is 1. The van der Waals surface area contributed by atoms with E-state index in [0.29, 0.717) is 17.5 Å². The van der Waals surface area contributed by atoms with Crippen LogP contribution in [-0.4, -0.2) is 41.2 Å². The number of hydrogen-bond donors (Lipinski definition) is 3. The summed E-state index contributed by atoms with van der Waals surface area (Å²) in [6.07, 6.45) is 0.692. The van der Waals surface area contributed by atoms with Crippen LogP contribution < -0.4 is 5.73 Å². The Bertz CT molecular complexity index is 648. The lowest BCUT2D eigenvalue weighted by Gasteiger charge is -2.42. The quantitative estimate of drug-likeness (QED) is 0.759. The first-order chi connectivity index (χ1) is 11.3. The zero-order valence-corrected chi connectivity index (χ0v) is 14.2. The Morgan fingerprint density at radius 2 is 1.38 bits per heavy atom. The number of hydrogen-bond acceptors (Lipinski definition) is 4. The summed E-state index contributed by atoms with van der Waals surface area (Å²) in [7, 11) is 3.82. The molecule has 0 fully saturated rings. The van der Waals surface area contributed by atoms with Gasteiger partial charge in [-0.1, -0.05) is 31.2 Å². The summed E-state index contributed by atoms with van der Waals surface area (Å²) in [6.45, 7) is 2.00. The van der Waals surface area contributed by atoms with Crippen molar-refractivity contribution in [2.24, 2.45) is 5.73 Å². The highest BCUT2D eigenvalue weighted by atomic mass is 16.3. The number of carbonyl (C=O) groups is 1. The van der Waals surface area contributed by atoms with Gasteiger partial charge in [-0.2, -0.15) is 0 Å². The minimum Gasteiger partial charge on any atom is -0.508 e. The summed E-state index contributed by atoms with van der Waals surface area (Å²) in [5.41, 5.74) is 6.25. The first kappa shape index (κ1) is 17.8. The van der Waals surface area contributed by atoms with Crippen LogP contribution in [0.25, 0.3) is 0 Å². The summed E-state index contributed by atoms with van der Waals surface area (Å²) >= 11 is 0. The molecule has 5 heteroatoms. The molecule has 24 heavy (non-hydrogen) atoms. The molecule has 0 aromatic heterocycles. The summed E-state index contributed by atoms with van der Waals surface area (Å²) in [4.78, 5) is 14.7. The number of rotatable bonds is 6. The van der Waals surface area contributed by atoms with Gasteiger partial charge in [-0.05, 0) is 55.9 Å². The average Bonchev–Trinajstić information content (AvgIpc) is 2.53. The predicted octanol–water partition coefficient (Wildman–Crippen LogP) is 2.21. The second-order valence-corrected chi connectivity index (χ2v) is 6.15. The number of phenolic OH excluding ortho intramolecular Hbond substituents is 2. The molecule has 2 rings (SSSR count). The lowest BCUT2D eigenvalue weighted by Crippen LogP contribution is -2.56. The first-order valence-electron chi connectivity index (χ1n) is 7.89. The molecule has 0 aliphatic heterocycles. The van der Waals surface area contributed by atoms with Gasteiger partial charge in [0, 0.05) is 6.04 Å². The Balaban J connectivity index is 2.81. The molecule has 1 amide bonds. The largest absolute Gasteiger partial charge is 0.508 e. The van der Waals surface area contributed by atoms with Crippen molar-refractivity contribution >= 4 is 5.91 Å². The Morgan fingerprint density at radius 1 is 1.00 bits per heavy atom. The molecule has 1 unspecified atom stereocenters. The molecule has 0 heterocycles. The molecular formula is C19H24N2O3. The van der Waals surface area contributed by atoms with Crippen LogP contribution in [0.5, 0.6) is 11.5 Å². The number of nitrogens with zero attached hydrogens (tertiary/aromatic N) is 1. The Kier molecular flexibility index (Phi) is 5.14. The van der Waals surface area contributed by atoms with Crippen LogP contribution in [0.1, 0.15) is 24.5 Å². The molecule has 0 saturated heterocycles. The van der Waals surface area contributed by atoms with Crippen LogP contribution in [0.2, 0.25) is 0 Å². The Morgan fingerprint density at radius 3 is 1.62 bits per heavy atom. The third-order valence-electron chi connectivity index (χ3n) is 4.54. The van der Waals surface area contributed by atoms with Gasteiger partial charge in [0.15, 0.2) is 0 Å². The number of nitrogens with two attached hydrogens (primary N) is 1. The van der Waals surface area contributed by atoms with Gasteiger partial charge in [-0.3, -0.25) is 4.79 Å². The zero-order chi connectivity index (χ0) is 17.9. The van der Waals surface area contributed by atoms with Crippen molar-refractivity contribution in [1.29, 1.82) is 0 Å². The summed E-state index contributed by atoms with van der Waals surface area (Å²) in [6, 6.07) is 12.9. The maximum Gasteiger partial charge on any atom is 0.234 e. The molecule has 0 spiro atoms. The van der Waals surface area contributed by atoms with Gasteiger partial charge < -0.3 is 20.8 Å². The number of phenols is 2. The molecule has 2 aromatic carbocycles. The highest BCUT2D eigenvalue weighted by molar-refractivity contribution is 5.92. The number of aromatic hydroxyl groups is 2. The van der Waals surface area contributed by atoms with Gasteiger partial charge in [-0.25, -0.2) is 0 Å². The van der Waals surface area contributed by atoms with E-state index in [9.17, 15) is 15.0 Å². The lowest BCUT2D eigenvalue weighted by atomic mass is 9.67. The van der Waals surface area contributed by atoms with E-state index >= 15 is 0 Å². The highest BCUT2D eigenvalue weighted by Crippen LogP contribution is 2.40. The van der Waals surface area contributed by atoms with Gasteiger partial charge in [0.2, 0.25) is 5.91 Å². The Hall–Kier alpha value is -2.53. The molecular weight excluding hydrogens is 304 g/mol. The van der Waals surface area contributed by atoms with Gasteiger partial charge in [0.1, 0.15) is 16.9 Å². The highest BCUT2D eigenvalue weighted by Gasteiger charge is 2.47. The minimum absolute atomic E-state index is 0.126. The summed E-state index contributed by atoms with van der Waals surface area (Å²) in [5, 5.41) is 19.2. The molecule has 5 nitrogen and oxygen atoms in total. The van der Waals surface area contributed by atoms with E-state index < -0.39 is 11.3 Å². The minimum atomic E-state index is -1.10. The van der Waals surface area contributed by atoms with Crippen LogP contribution in [0.3, 0.4) is 0 Å². The topological polar surface area (TPSA) is 86.8 Å². The average molecular weight is 328 g/mol. The lowest BCUT2D eigenvalue weighted by molar-refractivity contribution is -0.124. The smallest absolute Gasteiger partial charge is 0.234 e. The van der Waals surface area contributed by atoms with Crippen LogP contribution in [0, 0.1) is 0 Å². The second-order valence-electron chi connectivity index (χ2n) is 6.15. The van der Waals surface area contributed by atoms with Crippen molar-refractivity contribution < 1.29 is 15.0 Å². The monoisotopic (exact) mass is 328 g/mol.